The second-order valence-electron chi connectivity index (χ2n) is 6.04. The minimum atomic E-state index is -0.812. The highest BCUT2D eigenvalue weighted by atomic mass is 32.1. The maximum absolute atomic E-state index is 14.4. The number of rotatable bonds is 6. The summed E-state index contributed by atoms with van der Waals surface area (Å²) >= 11 is 1.44. The van der Waals surface area contributed by atoms with Crippen LogP contribution in [0.25, 0.3) is 0 Å². The summed E-state index contributed by atoms with van der Waals surface area (Å²) in [6.45, 7) is 0.518. The predicted octanol–water partition coefficient (Wildman–Crippen LogP) is 4.71. The second kappa shape index (κ2) is 7.77. The van der Waals surface area contributed by atoms with Gasteiger partial charge in [0.2, 0.25) is 0 Å². The Labute approximate surface area is 163 Å². The second-order valence-corrected chi connectivity index (χ2v) is 7.07. The highest BCUT2D eigenvalue weighted by Gasteiger charge is 2.24. The first-order valence-corrected chi connectivity index (χ1v) is 9.33. The van der Waals surface area contributed by atoms with Gasteiger partial charge in [-0.05, 0) is 41.8 Å². The molecule has 8 heteroatoms. The molecule has 1 amide bonds. The number of anilines is 1. The average Bonchev–Trinajstić information content (AvgIpc) is 3.43. The Balaban J connectivity index is 1.64. The molecule has 0 N–H and O–H groups in total. The van der Waals surface area contributed by atoms with Gasteiger partial charge in [-0.1, -0.05) is 6.07 Å². The quantitative estimate of drug-likeness (QED) is 0.472. The van der Waals surface area contributed by atoms with Gasteiger partial charge in [0.05, 0.1) is 18.8 Å². The van der Waals surface area contributed by atoms with Crippen molar-refractivity contribution in [3.05, 3.63) is 94.3 Å². The maximum atomic E-state index is 14.4. The molecule has 0 saturated carbocycles. The van der Waals surface area contributed by atoms with Gasteiger partial charge in [0.25, 0.3) is 5.91 Å². The molecule has 4 aromatic rings. The number of carbonyl (C=O) groups excluding carboxylic acids is 1. The van der Waals surface area contributed by atoms with Crippen LogP contribution >= 0.6 is 11.3 Å². The van der Waals surface area contributed by atoms with E-state index in [9.17, 15) is 13.6 Å². The third kappa shape index (κ3) is 3.86. The number of furan rings is 1. The molecule has 0 unspecified atom stereocenters. The van der Waals surface area contributed by atoms with E-state index in [0.717, 1.165) is 17.0 Å². The van der Waals surface area contributed by atoms with Crippen molar-refractivity contribution in [2.75, 3.05) is 4.90 Å². The molecular weight excluding hydrogens is 384 g/mol. The predicted molar refractivity (Wildman–Crippen MR) is 101 cm³/mol. The monoisotopic (exact) mass is 399 g/mol. The molecule has 0 atom stereocenters. The average molecular weight is 399 g/mol. The first kappa shape index (κ1) is 18.1. The number of halogens is 2. The lowest BCUT2D eigenvalue weighted by Gasteiger charge is -2.21. The van der Waals surface area contributed by atoms with Crippen LogP contribution in [0, 0.1) is 11.6 Å². The SMILES string of the molecule is O=C(c1ccc(Cn2cccn2)o1)N(Cc1cccs1)c1ccc(F)cc1F. The molecule has 0 fully saturated rings. The number of hydrogen-bond donors (Lipinski definition) is 0. The summed E-state index contributed by atoms with van der Waals surface area (Å²) < 4.78 is 35.0. The topological polar surface area (TPSA) is 51.3 Å². The summed E-state index contributed by atoms with van der Waals surface area (Å²) in [7, 11) is 0. The molecule has 0 aliphatic rings. The lowest BCUT2D eigenvalue weighted by Crippen LogP contribution is -2.30. The van der Waals surface area contributed by atoms with Gasteiger partial charge in [0.15, 0.2) is 5.76 Å². The molecule has 142 valence electrons. The van der Waals surface area contributed by atoms with Crippen molar-refractivity contribution in [2.24, 2.45) is 0 Å². The zero-order valence-corrected chi connectivity index (χ0v) is 15.4. The van der Waals surface area contributed by atoms with Gasteiger partial charge >= 0.3 is 0 Å². The number of carbonyl (C=O) groups is 1. The highest BCUT2D eigenvalue weighted by Crippen LogP contribution is 2.26. The van der Waals surface area contributed by atoms with Crippen molar-refractivity contribution >= 4 is 22.9 Å². The normalized spacial score (nSPS) is 10.9. The van der Waals surface area contributed by atoms with Gasteiger partial charge in [-0.25, -0.2) is 8.78 Å². The highest BCUT2D eigenvalue weighted by molar-refractivity contribution is 7.09. The third-order valence-corrected chi connectivity index (χ3v) is 4.95. The van der Waals surface area contributed by atoms with E-state index >= 15 is 0 Å². The number of thiophene rings is 1. The van der Waals surface area contributed by atoms with E-state index < -0.39 is 17.5 Å². The zero-order valence-electron chi connectivity index (χ0n) is 14.6. The van der Waals surface area contributed by atoms with Crippen molar-refractivity contribution in [3.8, 4) is 0 Å². The first-order chi connectivity index (χ1) is 13.6. The molecule has 0 bridgehead atoms. The smallest absolute Gasteiger partial charge is 0.294 e. The fourth-order valence-electron chi connectivity index (χ4n) is 2.79. The van der Waals surface area contributed by atoms with E-state index in [-0.39, 0.29) is 18.0 Å². The standard InChI is InChI=1S/C20H15F2N3O2S/c21-14-4-6-18(17(22)11-14)25(13-16-3-1-10-28-16)20(26)19-7-5-15(27-19)12-24-9-2-8-23-24/h1-11H,12-13H2. The van der Waals surface area contributed by atoms with Gasteiger partial charge in [-0.15, -0.1) is 11.3 Å². The number of benzene rings is 1. The molecule has 0 aliphatic heterocycles. The summed E-state index contributed by atoms with van der Waals surface area (Å²) in [6, 6.07) is 11.8. The minimum Gasteiger partial charge on any atom is -0.454 e. The number of hydrogen-bond acceptors (Lipinski definition) is 4. The summed E-state index contributed by atoms with van der Waals surface area (Å²) in [5, 5.41) is 5.96. The number of amides is 1. The van der Waals surface area contributed by atoms with E-state index in [4.69, 9.17) is 4.42 Å². The van der Waals surface area contributed by atoms with Gasteiger partial charge in [0, 0.05) is 23.3 Å². The fourth-order valence-corrected chi connectivity index (χ4v) is 3.48. The maximum Gasteiger partial charge on any atom is 0.294 e. The van der Waals surface area contributed by atoms with Crippen molar-refractivity contribution < 1.29 is 18.0 Å². The first-order valence-electron chi connectivity index (χ1n) is 8.45. The number of aromatic nitrogens is 2. The molecule has 28 heavy (non-hydrogen) atoms. The van der Waals surface area contributed by atoms with Crippen LogP contribution in [0.4, 0.5) is 14.5 Å². The number of nitrogens with zero attached hydrogens (tertiary/aromatic N) is 3. The molecule has 5 nitrogen and oxygen atoms in total. The molecule has 0 aliphatic carbocycles. The van der Waals surface area contributed by atoms with Crippen molar-refractivity contribution in [3.63, 3.8) is 0 Å². The molecular formula is C20H15F2N3O2S. The molecule has 4 rings (SSSR count). The van der Waals surface area contributed by atoms with Crippen LogP contribution in [-0.2, 0) is 13.1 Å². The van der Waals surface area contributed by atoms with E-state index in [1.807, 2.05) is 17.5 Å². The van der Waals surface area contributed by atoms with Gasteiger partial charge in [-0.2, -0.15) is 5.10 Å². The lowest BCUT2D eigenvalue weighted by atomic mass is 10.2. The van der Waals surface area contributed by atoms with Crippen LogP contribution in [0.2, 0.25) is 0 Å². The zero-order chi connectivity index (χ0) is 19.5. The minimum absolute atomic E-state index is 0.00942. The molecule has 3 aromatic heterocycles. The molecule has 1 aromatic carbocycles. The van der Waals surface area contributed by atoms with E-state index in [1.165, 1.54) is 22.3 Å². The Morgan fingerprint density at radius 3 is 2.79 bits per heavy atom. The fraction of sp³-hybridized carbons (Fsp3) is 0.100. The summed E-state index contributed by atoms with van der Waals surface area (Å²) in [4.78, 5) is 15.2. The Kier molecular flexibility index (Phi) is 5.03. The van der Waals surface area contributed by atoms with Gasteiger partial charge in [-0.3, -0.25) is 14.4 Å². The largest absolute Gasteiger partial charge is 0.454 e. The van der Waals surface area contributed by atoms with Crippen LogP contribution in [0.3, 0.4) is 0 Å². The van der Waals surface area contributed by atoms with Crippen LogP contribution in [-0.4, -0.2) is 15.7 Å². The Hall–Kier alpha value is -3.26. The molecule has 0 spiro atoms. The van der Waals surface area contributed by atoms with Crippen molar-refractivity contribution in [1.29, 1.82) is 0 Å². The van der Waals surface area contributed by atoms with Crippen LogP contribution in [0.5, 0.6) is 0 Å². The summed E-state index contributed by atoms with van der Waals surface area (Å²) in [6.07, 6.45) is 3.43. The third-order valence-electron chi connectivity index (χ3n) is 4.09. The summed E-state index contributed by atoms with van der Waals surface area (Å²) in [5.74, 6) is -1.41. The van der Waals surface area contributed by atoms with Crippen molar-refractivity contribution in [1.82, 2.24) is 9.78 Å². The Morgan fingerprint density at radius 2 is 2.07 bits per heavy atom. The summed E-state index contributed by atoms with van der Waals surface area (Å²) in [5.41, 5.74) is -0.00942. The lowest BCUT2D eigenvalue weighted by molar-refractivity contribution is 0.0955. The van der Waals surface area contributed by atoms with Crippen LogP contribution < -0.4 is 4.90 Å². The molecule has 0 radical (unpaired) electrons. The Bertz CT molecular complexity index is 1080. The van der Waals surface area contributed by atoms with Crippen LogP contribution in [0.15, 0.2) is 70.7 Å². The van der Waals surface area contributed by atoms with E-state index in [1.54, 1.807) is 35.3 Å². The van der Waals surface area contributed by atoms with Gasteiger partial charge in [0.1, 0.15) is 17.4 Å². The van der Waals surface area contributed by atoms with Crippen LogP contribution in [0.1, 0.15) is 21.2 Å². The van der Waals surface area contributed by atoms with Crippen molar-refractivity contribution in [2.45, 2.75) is 13.1 Å². The van der Waals surface area contributed by atoms with E-state index in [2.05, 4.69) is 5.10 Å². The Morgan fingerprint density at radius 1 is 1.18 bits per heavy atom. The molecule has 3 heterocycles. The van der Waals surface area contributed by atoms with E-state index in [0.29, 0.717) is 12.3 Å². The van der Waals surface area contributed by atoms with Gasteiger partial charge < -0.3 is 4.42 Å². The molecule has 0 saturated heterocycles.